The fourth-order valence-electron chi connectivity index (χ4n) is 5.15. The van der Waals surface area contributed by atoms with Crippen molar-refractivity contribution in [3.8, 4) is 0 Å². The molecule has 1 N–H and O–H groups in total. The summed E-state index contributed by atoms with van der Waals surface area (Å²) in [4.78, 5) is 15.8. The second-order valence-electron chi connectivity index (χ2n) is 8.72. The average molecular weight is 429 g/mol. The molecule has 2 aliphatic heterocycles. The smallest absolute Gasteiger partial charge is 0.407 e. The third-order valence-electron chi connectivity index (χ3n) is 6.67. The summed E-state index contributed by atoms with van der Waals surface area (Å²) in [6.07, 6.45) is 1.82. The van der Waals surface area contributed by atoms with Gasteiger partial charge in [0.15, 0.2) is 0 Å². The van der Waals surface area contributed by atoms with Crippen molar-refractivity contribution in [3.63, 3.8) is 0 Å². The number of piperidine rings is 1. The lowest BCUT2D eigenvalue weighted by Gasteiger charge is -2.49. The maximum atomic E-state index is 12.8. The number of ether oxygens (including phenoxy) is 2. The fourth-order valence-corrected chi connectivity index (χ4v) is 6.55. The van der Waals surface area contributed by atoms with Gasteiger partial charge >= 0.3 is 6.09 Å². The highest BCUT2D eigenvalue weighted by Crippen LogP contribution is 2.47. The molecule has 0 aromatic carbocycles. The van der Waals surface area contributed by atoms with E-state index in [1.165, 1.54) is 28.9 Å². The number of alkyl carbamates (subject to hydrolysis) is 1. The number of amides is 1. The second-order valence-corrected chi connectivity index (χ2v) is 9.86. The molecule has 2 atom stereocenters. The standard InChI is InChI=1S/C21H30F2N2O3S/c1-13-11-21(19-15(3-6-28-21)9-17(29-19)10-18(22)23)4-5-25(13)12-14-7-16(8-14)24-20(26)27-2/h9,13-14,16,18H,3-8,10-12H2,1-2H3,(H,24,26)/t13-,14?,16?,21+/m0/s1. The molecule has 0 bridgehead atoms. The minimum atomic E-state index is -2.30. The van der Waals surface area contributed by atoms with Gasteiger partial charge in [-0.1, -0.05) is 0 Å². The predicted molar refractivity (Wildman–Crippen MR) is 108 cm³/mol. The van der Waals surface area contributed by atoms with Crippen LogP contribution in [0.2, 0.25) is 0 Å². The van der Waals surface area contributed by atoms with Crippen LogP contribution in [0, 0.1) is 5.92 Å². The van der Waals surface area contributed by atoms with E-state index in [9.17, 15) is 13.6 Å². The van der Waals surface area contributed by atoms with E-state index in [1.54, 1.807) is 0 Å². The Balaban J connectivity index is 1.35. The van der Waals surface area contributed by atoms with Crippen molar-refractivity contribution in [1.82, 2.24) is 10.2 Å². The van der Waals surface area contributed by atoms with E-state index in [0.29, 0.717) is 18.6 Å². The van der Waals surface area contributed by atoms with Crippen LogP contribution in [0.25, 0.3) is 0 Å². The van der Waals surface area contributed by atoms with Gasteiger partial charge in [-0.15, -0.1) is 11.3 Å². The molecule has 3 heterocycles. The van der Waals surface area contributed by atoms with Gasteiger partial charge in [0.25, 0.3) is 0 Å². The average Bonchev–Trinajstić information content (AvgIpc) is 3.05. The summed E-state index contributed by atoms with van der Waals surface area (Å²) < 4.78 is 36.7. The largest absolute Gasteiger partial charge is 0.453 e. The van der Waals surface area contributed by atoms with E-state index >= 15 is 0 Å². The Kier molecular flexibility index (Phi) is 6.14. The molecule has 1 spiro atoms. The van der Waals surface area contributed by atoms with Crippen LogP contribution in [0.4, 0.5) is 13.6 Å². The molecule has 1 amide bonds. The van der Waals surface area contributed by atoms with Crippen LogP contribution in [-0.4, -0.2) is 56.3 Å². The van der Waals surface area contributed by atoms with E-state index < -0.39 is 6.43 Å². The first-order valence-electron chi connectivity index (χ1n) is 10.5. The molecule has 0 unspecified atom stereocenters. The van der Waals surface area contributed by atoms with Crippen molar-refractivity contribution < 1.29 is 23.0 Å². The first kappa shape index (κ1) is 21.0. The zero-order chi connectivity index (χ0) is 20.6. The van der Waals surface area contributed by atoms with Gasteiger partial charge in [-0.3, -0.25) is 0 Å². The number of nitrogens with one attached hydrogen (secondary N) is 1. The first-order chi connectivity index (χ1) is 13.9. The molecule has 1 saturated heterocycles. The Hall–Kier alpha value is -1.25. The van der Waals surface area contributed by atoms with Crippen molar-refractivity contribution in [3.05, 3.63) is 21.4 Å². The van der Waals surface area contributed by atoms with Gasteiger partial charge < -0.3 is 19.7 Å². The predicted octanol–water partition coefficient (Wildman–Crippen LogP) is 3.94. The van der Waals surface area contributed by atoms with E-state index in [0.717, 1.165) is 50.1 Å². The number of rotatable bonds is 5. The highest BCUT2D eigenvalue weighted by molar-refractivity contribution is 7.12. The third-order valence-corrected chi connectivity index (χ3v) is 8.05. The van der Waals surface area contributed by atoms with Gasteiger partial charge in [0, 0.05) is 41.3 Å². The van der Waals surface area contributed by atoms with Gasteiger partial charge in [0.05, 0.1) is 13.7 Å². The molecule has 2 fully saturated rings. The summed E-state index contributed by atoms with van der Waals surface area (Å²) in [5.74, 6) is 0.593. The number of hydrogen-bond acceptors (Lipinski definition) is 5. The second kappa shape index (κ2) is 8.47. The van der Waals surface area contributed by atoms with Gasteiger partial charge in [0.1, 0.15) is 5.60 Å². The normalized spacial score (nSPS) is 32.1. The summed E-state index contributed by atoms with van der Waals surface area (Å²) in [6, 6.07) is 2.58. The molecule has 1 saturated carbocycles. The summed E-state index contributed by atoms with van der Waals surface area (Å²) in [6.45, 7) is 4.90. The fraction of sp³-hybridized carbons (Fsp3) is 0.762. The van der Waals surface area contributed by atoms with Crippen molar-refractivity contribution >= 4 is 17.4 Å². The summed E-state index contributed by atoms with van der Waals surface area (Å²) in [5.41, 5.74) is 0.914. The molecule has 0 radical (unpaired) electrons. The summed E-state index contributed by atoms with van der Waals surface area (Å²) in [7, 11) is 1.39. The number of thiophene rings is 1. The van der Waals surface area contributed by atoms with Crippen molar-refractivity contribution in [2.24, 2.45) is 5.92 Å². The number of methoxy groups -OCH3 is 1. The number of carbonyl (C=O) groups is 1. The van der Waals surface area contributed by atoms with Crippen molar-refractivity contribution in [2.75, 3.05) is 26.8 Å². The maximum absolute atomic E-state index is 12.8. The van der Waals surface area contributed by atoms with E-state index in [4.69, 9.17) is 4.74 Å². The van der Waals surface area contributed by atoms with Crippen LogP contribution in [0.3, 0.4) is 0 Å². The van der Waals surface area contributed by atoms with E-state index in [-0.39, 0.29) is 24.2 Å². The van der Waals surface area contributed by atoms with Crippen LogP contribution in [0.15, 0.2) is 6.07 Å². The Morgan fingerprint density at radius 3 is 2.97 bits per heavy atom. The first-order valence-corrected chi connectivity index (χ1v) is 11.3. The van der Waals surface area contributed by atoms with Crippen LogP contribution in [0.5, 0.6) is 0 Å². The lowest BCUT2D eigenvalue weighted by molar-refractivity contribution is -0.112. The molecular formula is C21H30F2N2O3S. The topological polar surface area (TPSA) is 50.8 Å². The summed E-state index contributed by atoms with van der Waals surface area (Å²) >= 11 is 1.53. The molecular weight excluding hydrogens is 398 g/mol. The minimum Gasteiger partial charge on any atom is -0.453 e. The Labute approximate surface area is 174 Å². The number of halogens is 2. The van der Waals surface area contributed by atoms with Crippen molar-refractivity contribution in [2.45, 2.75) is 69.6 Å². The van der Waals surface area contributed by atoms with Crippen molar-refractivity contribution in [1.29, 1.82) is 0 Å². The molecule has 1 aromatic rings. The lowest BCUT2D eigenvalue weighted by Crippen LogP contribution is -2.54. The highest BCUT2D eigenvalue weighted by Gasteiger charge is 2.45. The van der Waals surface area contributed by atoms with Crippen LogP contribution >= 0.6 is 11.3 Å². The Morgan fingerprint density at radius 2 is 2.28 bits per heavy atom. The molecule has 5 nitrogen and oxygen atoms in total. The highest BCUT2D eigenvalue weighted by atomic mass is 32.1. The van der Waals surface area contributed by atoms with E-state index in [1.807, 2.05) is 6.07 Å². The molecule has 29 heavy (non-hydrogen) atoms. The number of likely N-dealkylation sites (tertiary alicyclic amines) is 1. The van der Waals surface area contributed by atoms with Gasteiger partial charge in [-0.2, -0.15) is 0 Å². The van der Waals surface area contributed by atoms with Gasteiger partial charge in [0.2, 0.25) is 6.43 Å². The number of carbonyl (C=O) groups excluding carboxylic acids is 1. The zero-order valence-corrected chi connectivity index (χ0v) is 17.9. The zero-order valence-electron chi connectivity index (χ0n) is 17.1. The van der Waals surface area contributed by atoms with Crippen LogP contribution in [-0.2, 0) is 27.9 Å². The minimum absolute atomic E-state index is 0.155. The molecule has 3 aliphatic rings. The van der Waals surface area contributed by atoms with E-state index in [2.05, 4.69) is 21.9 Å². The summed E-state index contributed by atoms with van der Waals surface area (Å²) in [5, 5.41) is 2.87. The third kappa shape index (κ3) is 4.44. The Bertz CT molecular complexity index is 738. The molecule has 1 aromatic heterocycles. The monoisotopic (exact) mass is 428 g/mol. The van der Waals surface area contributed by atoms with Gasteiger partial charge in [-0.05, 0) is 56.6 Å². The number of fused-ring (bicyclic) bond motifs is 2. The maximum Gasteiger partial charge on any atom is 0.407 e. The van der Waals surface area contributed by atoms with Crippen LogP contribution < -0.4 is 5.32 Å². The SMILES string of the molecule is COC(=O)NC1CC(CN2CC[C@]3(C[C@@H]2C)OCCc2cc(CC(F)F)sc23)C1. The van der Waals surface area contributed by atoms with Gasteiger partial charge in [-0.25, -0.2) is 13.6 Å². The quantitative estimate of drug-likeness (QED) is 0.772. The molecule has 162 valence electrons. The molecule has 8 heteroatoms. The van der Waals surface area contributed by atoms with Crippen LogP contribution in [0.1, 0.15) is 47.9 Å². The number of nitrogens with zero attached hydrogens (tertiary/aromatic N) is 1. The molecule has 1 aliphatic carbocycles. The molecule has 4 rings (SSSR count). The number of alkyl halides is 2. The lowest BCUT2D eigenvalue weighted by atomic mass is 9.77. The Morgan fingerprint density at radius 1 is 1.48 bits per heavy atom. The number of hydrogen-bond donors (Lipinski definition) is 1.